The van der Waals surface area contributed by atoms with E-state index >= 15 is 0 Å². The summed E-state index contributed by atoms with van der Waals surface area (Å²) in [6, 6.07) is 0.851. The molecule has 0 aromatic carbocycles. The van der Waals surface area contributed by atoms with Gasteiger partial charge in [-0.15, -0.1) is 0 Å². The minimum absolute atomic E-state index is 0.418. The lowest BCUT2D eigenvalue weighted by Gasteiger charge is -2.08. The highest BCUT2D eigenvalue weighted by atomic mass is 16.5. The summed E-state index contributed by atoms with van der Waals surface area (Å²) in [6.45, 7) is 4.12. The van der Waals surface area contributed by atoms with Crippen molar-refractivity contribution in [1.82, 2.24) is 5.32 Å². The Morgan fingerprint density at radius 2 is 2.54 bits per heavy atom. The molecule has 1 saturated heterocycles. The Morgan fingerprint density at radius 1 is 1.62 bits per heavy atom. The summed E-state index contributed by atoms with van der Waals surface area (Å²) in [5.41, 5.74) is 0. The molecule has 3 nitrogen and oxygen atoms in total. The van der Waals surface area contributed by atoms with Crippen molar-refractivity contribution in [3.8, 4) is 0 Å². The van der Waals surface area contributed by atoms with Gasteiger partial charge in [0.15, 0.2) is 0 Å². The lowest BCUT2D eigenvalue weighted by atomic mass is 10.2. The average Bonchev–Trinajstić information content (AvgIpc) is 2.70. The van der Waals surface area contributed by atoms with Crippen LogP contribution in [0.5, 0.6) is 0 Å². The summed E-state index contributed by atoms with van der Waals surface area (Å²) in [6.07, 6.45) is 4.81. The Kier molecular flexibility index (Phi) is 2.83. The van der Waals surface area contributed by atoms with Crippen LogP contribution in [-0.4, -0.2) is 31.1 Å². The highest BCUT2D eigenvalue weighted by Crippen LogP contribution is 2.16. The predicted molar refractivity (Wildman–Crippen MR) is 53.1 cm³/mol. The molecule has 2 aliphatic heterocycles. The Labute approximate surface area is 79.6 Å². The standard InChI is InChI=1S/C10H18N2O/c1-2-4-8-7-13-10(12-8)9-5-3-6-11-9/h8-9,11H,2-7H2,1H3. The molecule has 0 aromatic rings. The van der Waals surface area contributed by atoms with Gasteiger partial charge in [-0.25, -0.2) is 4.99 Å². The van der Waals surface area contributed by atoms with Crippen LogP contribution >= 0.6 is 0 Å². The molecule has 0 amide bonds. The summed E-state index contributed by atoms with van der Waals surface area (Å²) >= 11 is 0. The van der Waals surface area contributed by atoms with E-state index in [0.29, 0.717) is 12.1 Å². The summed E-state index contributed by atoms with van der Waals surface area (Å²) in [4.78, 5) is 4.59. The van der Waals surface area contributed by atoms with Crippen molar-refractivity contribution in [2.75, 3.05) is 13.2 Å². The zero-order valence-electron chi connectivity index (χ0n) is 8.25. The third-order valence-corrected chi connectivity index (χ3v) is 2.71. The van der Waals surface area contributed by atoms with Gasteiger partial charge >= 0.3 is 0 Å². The number of aliphatic imine (C=N–C) groups is 1. The first-order valence-electron chi connectivity index (χ1n) is 5.34. The first-order valence-corrected chi connectivity index (χ1v) is 5.34. The van der Waals surface area contributed by atoms with Crippen molar-refractivity contribution in [2.45, 2.75) is 44.7 Å². The second kappa shape index (κ2) is 4.09. The van der Waals surface area contributed by atoms with Crippen LogP contribution in [-0.2, 0) is 4.74 Å². The van der Waals surface area contributed by atoms with E-state index in [1.807, 2.05) is 0 Å². The SMILES string of the molecule is CCCC1COC(C2CCCN2)=N1. The molecule has 0 radical (unpaired) electrons. The van der Waals surface area contributed by atoms with Gasteiger partial charge in [-0.3, -0.25) is 0 Å². The molecule has 2 unspecified atom stereocenters. The average molecular weight is 182 g/mol. The number of rotatable bonds is 3. The van der Waals surface area contributed by atoms with Gasteiger partial charge in [-0.05, 0) is 25.8 Å². The zero-order valence-corrected chi connectivity index (χ0v) is 8.25. The van der Waals surface area contributed by atoms with Crippen LogP contribution < -0.4 is 5.32 Å². The fourth-order valence-electron chi connectivity index (χ4n) is 2.00. The van der Waals surface area contributed by atoms with Gasteiger partial charge in [0.1, 0.15) is 6.61 Å². The fraction of sp³-hybridized carbons (Fsp3) is 0.900. The van der Waals surface area contributed by atoms with Gasteiger partial charge in [-0.1, -0.05) is 13.3 Å². The van der Waals surface area contributed by atoms with E-state index in [-0.39, 0.29) is 0 Å². The lowest BCUT2D eigenvalue weighted by Crippen LogP contribution is -2.30. The molecular formula is C10H18N2O. The molecule has 0 spiro atoms. The normalized spacial score (nSPS) is 33.2. The van der Waals surface area contributed by atoms with Crippen LogP contribution in [0.3, 0.4) is 0 Å². The molecule has 1 fully saturated rings. The topological polar surface area (TPSA) is 33.6 Å². The first kappa shape index (κ1) is 9.00. The lowest BCUT2D eigenvalue weighted by molar-refractivity contribution is 0.298. The third-order valence-electron chi connectivity index (χ3n) is 2.71. The molecular weight excluding hydrogens is 164 g/mol. The zero-order chi connectivity index (χ0) is 9.10. The summed E-state index contributed by atoms with van der Waals surface area (Å²) in [7, 11) is 0. The largest absolute Gasteiger partial charge is 0.478 e. The second-order valence-electron chi connectivity index (χ2n) is 3.87. The monoisotopic (exact) mass is 182 g/mol. The van der Waals surface area contributed by atoms with E-state index in [0.717, 1.165) is 25.5 Å². The van der Waals surface area contributed by atoms with Crippen LogP contribution in [0.2, 0.25) is 0 Å². The third kappa shape index (κ3) is 2.02. The smallest absolute Gasteiger partial charge is 0.201 e. The van der Waals surface area contributed by atoms with Crippen molar-refractivity contribution in [1.29, 1.82) is 0 Å². The van der Waals surface area contributed by atoms with E-state index < -0.39 is 0 Å². The fourth-order valence-corrected chi connectivity index (χ4v) is 2.00. The highest BCUT2D eigenvalue weighted by Gasteiger charge is 2.27. The van der Waals surface area contributed by atoms with Gasteiger partial charge in [0.05, 0.1) is 12.1 Å². The molecule has 0 aliphatic carbocycles. The van der Waals surface area contributed by atoms with Crippen molar-refractivity contribution >= 4 is 5.90 Å². The van der Waals surface area contributed by atoms with E-state index in [4.69, 9.17) is 4.74 Å². The minimum atomic E-state index is 0.418. The maximum atomic E-state index is 5.59. The molecule has 0 bridgehead atoms. The molecule has 1 N–H and O–H groups in total. The number of nitrogens with one attached hydrogen (secondary N) is 1. The summed E-state index contributed by atoms with van der Waals surface area (Å²) in [5.74, 6) is 0.968. The predicted octanol–water partition coefficient (Wildman–Crippen LogP) is 1.34. The first-order chi connectivity index (χ1) is 6.40. The molecule has 2 heterocycles. The highest BCUT2D eigenvalue weighted by molar-refractivity contribution is 5.83. The van der Waals surface area contributed by atoms with Crippen molar-refractivity contribution in [3.05, 3.63) is 0 Å². The van der Waals surface area contributed by atoms with Gasteiger partial charge in [0.25, 0.3) is 0 Å². The van der Waals surface area contributed by atoms with Crippen LogP contribution in [0, 0.1) is 0 Å². The Bertz CT molecular complexity index is 197. The molecule has 74 valence electrons. The Morgan fingerprint density at radius 3 is 3.23 bits per heavy atom. The van der Waals surface area contributed by atoms with Gasteiger partial charge < -0.3 is 10.1 Å². The van der Waals surface area contributed by atoms with E-state index in [1.165, 1.54) is 19.3 Å². The molecule has 3 heteroatoms. The Hall–Kier alpha value is -0.570. The summed E-state index contributed by atoms with van der Waals surface area (Å²) in [5, 5.41) is 3.41. The molecule has 0 aromatic heterocycles. The van der Waals surface area contributed by atoms with E-state index in [9.17, 15) is 0 Å². The Balaban J connectivity index is 1.89. The number of hydrogen-bond donors (Lipinski definition) is 1. The van der Waals surface area contributed by atoms with Gasteiger partial charge in [0.2, 0.25) is 5.90 Å². The molecule has 13 heavy (non-hydrogen) atoms. The van der Waals surface area contributed by atoms with Crippen molar-refractivity contribution in [2.24, 2.45) is 4.99 Å². The van der Waals surface area contributed by atoms with Crippen LogP contribution in [0.4, 0.5) is 0 Å². The van der Waals surface area contributed by atoms with Gasteiger partial charge in [0, 0.05) is 0 Å². The quantitative estimate of drug-likeness (QED) is 0.714. The summed E-state index contributed by atoms with van der Waals surface area (Å²) < 4.78 is 5.59. The number of nitrogens with zero attached hydrogens (tertiary/aromatic N) is 1. The molecule has 2 rings (SSSR count). The minimum Gasteiger partial charge on any atom is -0.478 e. The maximum absolute atomic E-state index is 5.59. The van der Waals surface area contributed by atoms with E-state index in [1.54, 1.807) is 0 Å². The molecule has 0 saturated carbocycles. The van der Waals surface area contributed by atoms with Crippen LogP contribution in [0.25, 0.3) is 0 Å². The van der Waals surface area contributed by atoms with Crippen molar-refractivity contribution in [3.63, 3.8) is 0 Å². The number of hydrogen-bond acceptors (Lipinski definition) is 3. The molecule has 2 atom stereocenters. The number of ether oxygens (including phenoxy) is 1. The molecule has 2 aliphatic rings. The second-order valence-corrected chi connectivity index (χ2v) is 3.87. The van der Waals surface area contributed by atoms with Crippen molar-refractivity contribution < 1.29 is 4.74 Å². The van der Waals surface area contributed by atoms with E-state index in [2.05, 4.69) is 17.2 Å². The maximum Gasteiger partial charge on any atom is 0.201 e. The van der Waals surface area contributed by atoms with Gasteiger partial charge in [-0.2, -0.15) is 0 Å². The van der Waals surface area contributed by atoms with Crippen LogP contribution in [0.15, 0.2) is 4.99 Å². The van der Waals surface area contributed by atoms with Crippen LogP contribution in [0.1, 0.15) is 32.6 Å².